The number of hydrogen-bond acceptors (Lipinski definition) is 3. The summed E-state index contributed by atoms with van der Waals surface area (Å²) in [6.45, 7) is 3.71. The first kappa shape index (κ1) is 15.8. The van der Waals surface area contributed by atoms with Gasteiger partial charge in [0.05, 0.1) is 13.2 Å². The topological polar surface area (TPSA) is 47.3 Å². The summed E-state index contributed by atoms with van der Waals surface area (Å²) < 4.78 is 19.7. The number of nitrogens with two attached hydrogens (primary N) is 1. The molecule has 0 aliphatic heterocycles. The minimum Gasteiger partial charge on any atom is -0.496 e. The van der Waals surface area contributed by atoms with Crippen molar-refractivity contribution in [1.29, 1.82) is 0 Å². The third kappa shape index (κ3) is 3.18. The lowest BCUT2D eigenvalue weighted by Gasteiger charge is -2.22. The first-order chi connectivity index (χ1) is 9.97. The monoisotopic (exact) mass is 308 g/mol. The summed E-state index contributed by atoms with van der Waals surface area (Å²) in [7, 11) is 1.55. The lowest BCUT2D eigenvalue weighted by Crippen LogP contribution is -2.30. The zero-order chi connectivity index (χ0) is 15.6. The van der Waals surface area contributed by atoms with E-state index in [1.54, 1.807) is 25.3 Å². The molecule has 0 aromatic heterocycles. The number of halogens is 2. The third-order valence-electron chi connectivity index (χ3n) is 3.44. The molecule has 0 saturated carbocycles. The summed E-state index contributed by atoms with van der Waals surface area (Å²) in [4.78, 5) is 0. The van der Waals surface area contributed by atoms with E-state index in [-0.39, 0.29) is 5.82 Å². The number of ether oxygens (including phenoxy) is 1. The SMILES string of the molecule is COc1ccc(Cl)cc1C(NN)c1c(C)cc(C)cc1F. The van der Waals surface area contributed by atoms with Crippen LogP contribution in [0.15, 0.2) is 30.3 Å². The largest absolute Gasteiger partial charge is 0.496 e. The van der Waals surface area contributed by atoms with E-state index in [1.165, 1.54) is 6.07 Å². The zero-order valence-electron chi connectivity index (χ0n) is 12.2. The molecule has 2 rings (SSSR count). The predicted molar refractivity (Wildman–Crippen MR) is 83.0 cm³/mol. The second-order valence-corrected chi connectivity index (χ2v) is 5.40. The van der Waals surface area contributed by atoms with Crippen molar-refractivity contribution >= 4 is 11.6 Å². The lowest BCUT2D eigenvalue weighted by molar-refractivity contribution is 0.403. The van der Waals surface area contributed by atoms with Gasteiger partial charge in [-0.3, -0.25) is 5.84 Å². The molecule has 0 aliphatic rings. The predicted octanol–water partition coefficient (Wildman–Crippen LogP) is 3.66. The smallest absolute Gasteiger partial charge is 0.128 e. The third-order valence-corrected chi connectivity index (χ3v) is 3.67. The highest BCUT2D eigenvalue weighted by atomic mass is 35.5. The Hall–Kier alpha value is -1.62. The van der Waals surface area contributed by atoms with Gasteiger partial charge < -0.3 is 4.74 Å². The quantitative estimate of drug-likeness (QED) is 0.669. The molecular weight excluding hydrogens is 291 g/mol. The van der Waals surface area contributed by atoms with Crippen LogP contribution >= 0.6 is 11.6 Å². The van der Waals surface area contributed by atoms with Gasteiger partial charge in [-0.2, -0.15) is 0 Å². The fourth-order valence-electron chi connectivity index (χ4n) is 2.55. The number of aryl methyl sites for hydroxylation is 2. The van der Waals surface area contributed by atoms with Gasteiger partial charge in [-0.15, -0.1) is 0 Å². The number of rotatable bonds is 4. The Morgan fingerprint density at radius 1 is 1.24 bits per heavy atom. The highest BCUT2D eigenvalue weighted by molar-refractivity contribution is 6.30. The summed E-state index contributed by atoms with van der Waals surface area (Å²) in [5, 5.41) is 0.538. The van der Waals surface area contributed by atoms with Crippen molar-refractivity contribution in [3.63, 3.8) is 0 Å². The molecule has 0 bridgehead atoms. The Balaban J connectivity index is 2.63. The van der Waals surface area contributed by atoms with Crippen LogP contribution in [0.5, 0.6) is 5.75 Å². The minimum absolute atomic E-state index is 0.308. The van der Waals surface area contributed by atoms with Crippen LogP contribution in [0.4, 0.5) is 4.39 Å². The Kier molecular flexibility index (Phi) is 4.83. The van der Waals surface area contributed by atoms with Gasteiger partial charge in [0.25, 0.3) is 0 Å². The van der Waals surface area contributed by atoms with E-state index >= 15 is 0 Å². The number of benzene rings is 2. The molecule has 0 heterocycles. The summed E-state index contributed by atoms with van der Waals surface area (Å²) in [5.74, 6) is 5.96. The number of hydrogen-bond donors (Lipinski definition) is 2. The highest BCUT2D eigenvalue weighted by Crippen LogP contribution is 2.34. The molecule has 2 aromatic rings. The molecule has 0 aliphatic carbocycles. The van der Waals surface area contributed by atoms with Crippen LogP contribution in [0.2, 0.25) is 5.02 Å². The molecular formula is C16H18ClFN2O. The Morgan fingerprint density at radius 2 is 1.95 bits per heavy atom. The fraction of sp³-hybridized carbons (Fsp3) is 0.250. The molecule has 21 heavy (non-hydrogen) atoms. The first-order valence-electron chi connectivity index (χ1n) is 6.54. The van der Waals surface area contributed by atoms with Gasteiger partial charge in [-0.1, -0.05) is 17.7 Å². The maximum atomic E-state index is 14.4. The van der Waals surface area contributed by atoms with Crippen molar-refractivity contribution in [1.82, 2.24) is 5.43 Å². The van der Waals surface area contributed by atoms with Crippen molar-refractivity contribution in [2.45, 2.75) is 19.9 Å². The van der Waals surface area contributed by atoms with Crippen LogP contribution in [-0.4, -0.2) is 7.11 Å². The normalized spacial score (nSPS) is 12.3. The number of hydrazine groups is 1. The molecule has 0 spiro atoms. The van der Waals surface area contributed by atoms with Crippen molar-refractivity contribution in [3.8, 4) is 5.75 Å². The zero-order valence-corrected chi connectivity index (χ0v) is 13.0. The summed E-state index contributed by atoms with van der Waals surface area (Å²) >= 11 is 6.05. The van der Waals surface area contributed by atoms with Crippen molar-refractivity contribution in [2.75, 3.05) is 7.11 Å². The summed E-state index contributed by atoms with van der Waals surface area (Å²) in [5.41, 5.74) is 5.52. The van der Waals surface area contributed by atoms with Crippen molar-refractivity contribution in [2.24, 2.45) is 5.84 Å². The molecule has 1 atom stereocenters. The average molecular weight is 309 g/mol. The van der Waals surface area contributed by atoms with E-state index in [9.17, 15) is 4.39 Å². The van der Waals surface area contributed by atoms with Gasteiger partial charge in [-0.25, -0.2) is 9.82 Å². The first-order valence-corrected chi connectivity index (χ1v) is 6.92. The van der Waals surface area contributed by atoms with Crippen LogP contribution in [0.1, 0.15) is 28.3 Å². The Bertz CT molecular complexity index is 638. The van der Waals surface area contributed by atoms with Crippen LogP contribution < -0.4 is 16.0 Å². The molecule has 3 N–H and O–H groups in total. The van der Waals surface area contributed by atoms with E-state index in [0.29, 0.717) is 21.9 Å². The van der Waals surface area contributed by atoms with E-state index in [4.69, 9.17) is 22.2 Å². The fourth-order valence-corrected chi connectivity index (χ4v) is 2.73. The van der Waals surface area contributed by atoms with E-state index in [1.807, 2.05) is 19.9 Å². The second-order valence-electron chi connectivity index (χ2n) is 4.96. The molecule has 1 unspecified atom stereocenters. The van der Waals surface area contributed by atoms with E-state index in [2.05, 4.69) is 5.43 Å². The highest BCUT2D eigenvalue weighted by Gasteiger charge is 2.22. The summed E-state index contributed by atoms with van der Waals surface area (Å²) in [6, 6.07) is 8.05. The van der Waals surface area contributed by atoms with Crippen LogP contribution in [-0.2, 0) is 0 Å². The standard InChI is InChI=1S/C16H18ClFN2O/c1-9-6-10(2)15(13(18)7-9)16(20-19)12-8-11(17)4-5-14(12)21-3/h4-8,16,20H,19H2,1-3H3. The van der Waals surface area contributed by atoms with Gasteiger partial charge in [0.1, 0.15) is 11.6 Å². The van der Waals surface area contributed by atoms with Crippen molar-refractivity contribution < 1.29 is 9.13 Å². The number of methoxy groups -OCH3 is 1. The summed E-state index contributed by atoms with van der Waals surface area (Å²) in [6.07, 6.45) is 0. The molecule has 112 valence electrons. The maximum Gasteiger partial charge on any atom is 0.128 e. The van der Waals surface area contributed by atoms with Gasteiger partial charge in [0.15, 0.2) is 0 Å². The van der Waals surface area contributed by atoms with Gasteiger partial charge >= 0.3 is 0 Å². The Morgan fingerprint density at radius 3 is 2.52 bits per heavy atom. The van der Waals surface area contributed by atoms with E-state index in [0.717, 1.165) is 11.1 Å². The second kappa shape index (κ2) is 6.43. The molecule has 2 aromatic carbocycles. The average Bonchev–Trinajstić information content (AvgIpc) is 2.42. The van der Waals surface area contributed by atoms with Crippen molar-refractivity contribution in [3.05, 3.63) is 63.4 Å². The Labute approximate surface area is 128 Å². The van der Waals surface area contributed by atoms with E-state index < -0.39 is 6.04 Å². The van der Waals surface area contributed by atoms with Gasteiger partial charge in [0.2, 0.25) is 0 Å². The van der Waals surface area contributed by atoms with Gasteiger partial charge in [-0.05, 0) is 49.2 Å². The molecule has 0 fully saturated rings. The molecule has 0 radical (unpaired) electrons. The van der Waals surface area contributed by atoms with Crippen LogP contribution in [0, 0.1) is 19.7 Å². The molecule has 5 heteroatoms. The maximum absolute atomic E-state index is 14.4. The lowest BCUT2D eigenvalue weighted by atomic mass is 9.93. The minimum atomic E-state index is -0.542. The van der Waals surface area contributed by atoms with Gasteiger partial charge in [0, 0.05) is 16.1 Å². The van der Waals surface area contributed by atoms with Crippen LogP contribution in [0.25, 0.3) is 0 Å². The molecule has 3 nitrogen and oxygen atoms in total. The van der Waals surface area contributed by atoms with Crippen LogP contribution in [0.3, 0.4) is 0 Å². The number of nitrogens with one attached hydrogen (secondary N) is 1. The molecule has 0 amide bonds. The molecule has 0 saturated heterocycles.